The Morgan fingerprint density at radius 2 is 0.890 bits per heavy atom. The standard InChI is InChI=1S/C58H80F6N12O6/c1-55(2,3)51-67-45(57(59,60)61)39-47(69-51)71-29-35-75(36-30-71,33-15-13-25-73-27-23-43(65-53(73)79)41-17-9-7-10-18-41)81-49(77)21-22-50(78)82-76(34-16-14-26-74-28-24-44(66-54(74)80)42-19-11-8-12-20-42)37-31-72(32-38-76)48-40-46(58(62,63)64)68-52(70-48)56(4,5)6/h21-24,27-28,39-42H,7-20,25-26,29-38H2,1-6H3/q+2/b22-21+. The number of nitrogens with zero attached hydrogens (tertiary/aromatic N) is 12. The third-order valence-electron chi connectivity index (χ3n) is 16.3. The normalized spacial score (nSPS) is 18.7. The highest BCUT2D eigenvalue weighted by Gasteiger charge is 2.43. The van der Waals surface area contributed by atoms with E-state index in [0.717, 1.165) is 87.0 Å². The fourth-order valence-electron chi connectivity index (χ4n) is 11.4. The van der Waals surface area contributed by atoms with E-state index in [2.05, 4.69) is 29.9 Å². The van der Waals surface area contributed by atoms with Crippen molar-refractivity contribution in [1.29, 1.82) is 0 Å². The molecule has 0 amide bonds. The molecule has 6 heterocycles. The second-order valence-electron chi connectivity index (χ2n) is 24.7. The molecule has 0 unspecified atom stereocenters. The van der Waals surface area contributed by atoms with E-state index in [1.54, 1.807) is 72.9 Å². The number of carbonyl (C=O) groups excluding carboxylic acids is 2. The molecule has 8 rings (SSSR count). The molecule has 24 heteroatoms. The van der Waals surface area contributed by atoms with Crippen LogP contribution in [0.1, 0.15) is 178 Å². The van der Waals surface area contributed by atoms with Crippen molar-refractivity contribution in [3.8, 4) is 0 Å². The minimum Gasteiger partial charge on any atom is -0.345 e. The Morgan fingerprint density at radius 1 is 0.537 bits per heavy atom. The number of alkyl halides is 6. The Labute approximate surface area is 475 Å². The molecule has 2 saturated heterocycles. The Hall–Kier alpha value is -6.30. The largest absolute Gasteiger partial charge is 0.433 e. The van der Waals surface area contributed by atoms with Crippen LogP contribution < -0.4 is 21.2 Å². The summed E-state index contributed by atoms with van der Waals surface area (Å²) in [5.74, 6) is -0.967. The van der Waals surface area contributed by atoms with Gasteiger partial charge in [-0.1, -0.05) is 80.1 Å². The average molecular weight is 1160 g/mol. The fourth-order valence-corrected chi connectivity index (χ4v) is 11.4. The molecule has 0 bridgehead atoms. The van der Waals surface area contributed by atoms with Gasteiger partial charge < -0.3 is 9.80 Å². The van der Waals surface area contributed by atoms with E-state index >= 15 is 0 Å². The molecule has 4 fully saturated rings. The topological polar surface area (TPSA) is 180 Å². The first-order valence-corrected chi connectivity index (χ1v) is 29.1. The maximum Gasteiger partial charge on any atom is 0.433 e. The number of piperazine rings is 2. The number of hydrogen-bond acceptors (Lipinski definition) is 14. The number of rotatable bonds is 18. The average Bonchev–Trinajstić information content (AvgIpc) is 3.48. The van der Waals surface area contributed by atoms with Gasteiger partial charge in [0.25, 0.3) is 0 Å². The highest BCUT2D eigenvalue weighted by molar-refractivity contribution is 5.91. The summed E-state index contributed by atoms with van der Waals surface area (Å²) in [4.78, 5) is 95.5. The molecular weight excluding hydrogens is 1070 g/mol. The quantitative estimate of drug-likeness (QED) is 0.0398. The van der Waals surface area contributed by atoms with Crippen LogP contribution >= 0.6 is 0 Å². The predicted molar refractivity (Wildman–Crippen MR) is 294 cm³/mol. The molecule has 0 radical (unpaired) electrons. The van der Waals surface area contributed by atoms with Crippen LogP contribution in [0.2, 0.25) is 0 Å². The fraction of sp³-hybridized carbons (Fsp3) is 0.655. The number of hydroxylamine groups is 6. The Kier molecular flexibility index (Phi) is 19.3. The first-order valence-electron chi connectivity index (χ1n) is 29.1. The van der Waals surface area contributed by atoms with Crippen LogP contribution in [0, 0.1) is 0 Å². The zero-order chi connectivity index (χ0) is 59.1. The van der Waals surface area contributed by atoms with Gasteiger partial charge in [-0.25, -0.2) is 39.1 Å². The minimum atomic E-state index is -4.72. The molecule has 448 valence electrons. The highest BCUT2D eigenvalue weighted by atomic mass is 19.4. The number of aromatic nitrogens is 8. The summed E-state index contributed by atoms with van der Waals surface area (Å²) in [5, 5.41) is 0. The Balaban J connectivity index is 0.968. The summed E-state index contributed by atoms with van der Waals surface area (Å²) in [6, 6.07) is 5.67. The maximum absolute atomic E-state index is 14.2. The van der Waals surface area contributed by atoms with Crippen LogP contribution in [0.5, 0.6) is 0 Å². The molecule has 0 atom stereocenters. The lowest BCUT2D eigenvalue weighted by Gasteiger charge is -2.42. The van der Waals surface area contributed by atoms with Gasteiger partial charge in [0.05, 0.1) is 37.6 Å². The van der Waals surface area contributed by atoms with Gasteiger partial charge in [-0.2, -0.15) is 36.3 Å². The Morgan fingerprint density at radius 3 is 1.21 bits per heavy atom. The molecule has 18 nitrogen and oxygen atoms in total. The van der Waals surface area contributed by atoms with E-state index in [1.165, 1.54) is 12.8 Å². The number of hydrogen-bond donors (Lipinski definition) is 0. The van der Waals surface area contributed by atoms with Crippen molar-refractivity contribution >= 4 is 23.6 Å². The number of quaternary nitrogens is 2. The lowest BCUT2D eigenvalue weighted by molar-refractivity contribution is -1.09. The van der Waals surface area contributed by atoms with Crippen LogP contribution in [0.4, 0.5) is 38.0 Å². The number of halogens is 6. The predicted octanol–water partition coefficient (Wildman–Crippen LogP) is 9.52. The Bertz CT molecular complexity index is 2730. The zero-order valence-electron chi connectivity index (χ0n) is 48.2. The lowest BCUT2D eigenvalue weighted by atomic mass is 9.87. The number of aryl methyl sites for hydroxylation is 2. The van der Waals surface area contributed by atoms with E-state index in [1.807, 2.05) is 12.1 Å². The summed E-state index contributed by atoms with van der Waals surface area (Å²) in [6.07, 6.45) is 8.83. The number of carbonyl (C=O) groups is 2. The molecule has 0 aromatic carbocycles. The van der Waals surface area contributed by atoms with Gasteiger partial charge in [-0.3, -0.25) is 18.8 Å². The molecule has 0 spiro atoms. The van der Waals surface area contributed by atoms with Gasteiger partial charge in [0.2, 0.25) is 0 Å². The van der Waals surface area contributed by atoms with Crippen LogP contribution in [-0.4, -0.2) is 126 Å². The van der Waals surface area contributed by atoms with Gasteiger partial charge in [0.1, 0.15) is 73.9 Å². The molecule has 0 N–H and O–H groups in total. The summed E-state index contributed by atoms with van der Waals surface area (Å²) >= 11 is 0. The molecule has 2 aliphatic heterocycles. The van der Waals surface area contributed by atoms with Gasteiger partial charge in [-0.15, -0.1) is 9.29 Å². The van der Waals surface area contributed by atoms with Crippen molar-refractivity contribution < 1.29 is 54.9 Å². The van der Waals surface area contributed by atoms with Crippen molar-refractivity contribution in [3.63, 3.8) is 0 Å². The summed E-state index contributed by atoms with van der Waals surface area (Å²) < 4.78 is 87.6. The molecule has 4 aromatic rings. The third kappa shape index (κ3) is 16.3. The van der Waals surface area contributed by atoms with E-state index in [4.69, 9.17) is 9.68 Å². The van der Waals surface area contributed by atoms with Crippen molar-refractivity contribution in [2.45, 2.75) is 180 Å². The molecule has 2 saturated carbocycles. The summed E-state index contributed by atoms with van der Waals surface area (Å²) in [5.41, 5.74) is -2.77. The smallest absolute Gasteiger partial charge is 0.345 e. The molecule has 4 aliphatic rings. The van der Waals surface area contributed by atoms with Gasteiger partial charge >= 0.3 is 35.7 Å². The van der Waals surface area contributed by atoms with Crippen LogP contribution in [0.25, 0.3) is 0 Å². The van der Waals surface area contributed by atoms with Gasteiger partial charge in [0.15, 0.2) is 0 Å². The van der Waals surface area contributed by atoms with Crippen molar-refractivity contribution in [2.75, 3.05) is 75.2 Å². The first-order chi connectivity index (χ1) is 38.7. The van der Waals surface area contributed by atoms with E-state index in [9.17, 15) is 45.5 Å². The second-order valence-corrected chi connectivity index (χ2v) is 24.7. The van der Waals surface area contributed by atoms with E-state index < -0.39 is 46.5 Å². The van der Waals surface area contributed by atoms with Gasteiger partial charge in [0, 0.05) is 85.3 Å². The highest BCUT2D eigenvalue weighted by Crippen LogP contribution is 2.36. The SMILES string of the molecule is CC(C)(C)c1nc(N2CC[N+](CCCCn3ccc(C4CCCCC4)nc3=O)(OC(=O)/C=C/C(=O)O[N+]3(CCCCn4ccc(C5CCCCC5)nc4=O)CCN(c4cc(C(F)(F)F)nc(C(C)(C)C)n4)CC3)CC2)cc(C(F)(F)F)n1. The molecule has 4 aromatic heterocycles. The number of unbranched alkanes of at least 4 members (excludes halogenated alkanes) is 2. The number of anilines is 2. The second kappa shape index (κ2) is 25.7. The third-order valence-corrected chi connectivity index (χ3v) is 16.3. The van der Waals surface area contributed by atoms with Crippen LogP contribution in [-0.2, 0) is 55.5 Å². The van der Waals surface area contributed by atoms with Crippen molar-refractivity contribution in [3.05, 3.63) is 104 Å². The maximum atomic E-state index is 14.2. The molecule has 2 aliphatic carbocycles. The lowest BCUT2D eigenvalue weighted by Crippen LogP contribution is -2.61. The first kappa shape index (κ1) is 61.8. The van der Waals surface area contributed by atoms with E-state index in [-0.39, 0.29) is 121 Å². The molecule has 82 heavy (non-hydrogen) atoms. The van der Waals surface area contributed by atoms with Gasteiger partial charge in [-0.05, 0) is 50.7 Å². The van der Waals surface area contributed by atoms with Crippen molar-refractivity contribution in [1.82, 2.24) is 39.0 Å². The van der Waals surface area contributed by atoms with Crippen LogP contribution in [0.15, 0.2) is 58.4 Å². The minimum absolute atomic E-state index is 0.0269. The van der Waals surface area contributed by atoms with Crippen LogP contribution in [0.3, 0.4) is 0 Å². The summed E-state index contributed by atoms with van der Waals surface area (Å²) in [6.45, 7) is 12.9. The molecular formula is C58H80F6N12O6+2. The zero-order valence-corrected chi connectivity index (χ0v) is 48.2. The summed E-state index contributed by atoms with van der Waals surface area (Å²) in [7, 11) is 0. The van der Waals surface area contributed by atoms with E-state index in [0.29, 0.717) is 38.8 Å². The monoisotopic (exact) mass is 1150 g/mol. The van der Waals surface area contributed by atoms with Crippen molar-refractivity contribution in [2.24, 2.45) is 0 Å².